The van der Waals surface area contributed by atoms with Crippen LogP contribution in [0.3, 0.4) is 0 Å². The van der Waals surface area contributed by atoms with E-state index in [0.29, 0.717) is 9.60 Å². The molecule has 1 aliphatic heterocycles. The van der Waals surface area contributed by atoms with Crippen LogP contribution in [0.5, 0.6) is 0 Å². The largest absolute Gasteiger partial charge is 0.326 e. The quantitative estimate of drug-likeness (QED) is 0.527. The molecule has 27 heavy (non-hydrogen) atoms. The number of thiazole rings is 1. The predicted molar refractivity (Wildman–Crippen MR) is 119 cm³/mol. The summed E-state index contributed by atoms with van der Waals surface area (Å²) in [7, 11) is 0. The van der Waals surface area contributed by atoms with Crippen molar-refractivity contribution in [1.29, 1.82) is 0 Å². The van der Waals surface area contributed by atoms with Crippen molar-refractivity contribution in [3.05, 3.63) is 70.2 Å². The van der Waals surface area contributed by atoms with Gasteiger partial charge in [-0.1, -0.05) is 41.9 Å². The number of rotatable bonds is 5. The second kappa shape index (κ2) is 8.69. The zero-order valence-electron chi connectivity index (χ0n) is 14.4. The van der Waals surface area contributed by atoms with Crippen LogP contribution in [0.1, 0.15) is 15.8 Å². The van der Waals surface area contributed by atoms with E-state index in [2.05, 4.69) is 22.4 Å². The van der Waals surface area contributed by atoms with Crippen molar-refractivity contribution in [2.75, 3.05) is 16.8 Å². The van der Waals surface area contributed by atoms with Gasteiger partial charge in [0.15, 0.2) is 0 Å². The first-order valence-electron chi connectivity index (χ1n) is 8.51. The molecule has 7 heteroatoms. The molecule has 0 spiro atoms. The zero-order valence-corrected chi connectivity index (χ0v) is 17.6. The Kier molecular flexibility index (Phi) is 6.08. The van der Waals surface area contributed by atoms with Gasteiger partial charge in [-0.25, -0.2) is 4.98 Å². The van der Waals surface area contributed by atoms with E-state index in [1.54, 1.807) is 0 Å². The average molecular weight is 433 g/mol. The van der Waals surface area contributed by atoms with Crippen LogP contribution < -0.4 is 5.32 Å². The summed E-state index contributed by atoms with van der Waals surface area (Å²) in [5, 5.41) is 6.42. The third kappa shape index (κ3) is 4.69. The van der Waals surface area contributed by atoms with Gasteiger partial charge in [0.05, 0.1) is 21.7 Å². The summed E-state index contributed by atoms with van der Waals surface area (Å²) < 4.78 is 0.471. The molecule has 2 heterocycles. The number of benzene rings is 2. The van der Waals surface area contributed by atoms with E-state index < -0.39 is 0 Å². The van der Waals surface area contributed by atoms with Gasteiger partial charge in [-0.05, 0) is 23.8 Å². The summed E-state index contributed by atoms with van der Waals surface area (Å²) in [5.41, 5.74) is 3.75. The molecule has 0 radical (unpaired) electrons. The number of halogens is 1. The molecule has 0 atom stereocenters. The predicted octanol–water partition coefficient (Wildman–Crippen LogP) is 6.12. The van der Waals surface area contributed by atoms with E-state index in [0.717, 1.165) is 22.0 Å². The minimum absolute atomic E-state index is 0.0603. The van der Waals surface area contributed by atoms with Crippen molar-refractivity contribution in [2.45, 2.75) is 11.0 Å². The minimum Gasteiger partial charge on any atom is -0.326 e. The third-order valence-corrected chi connectivity index (χ3v) is 8.42. The molecule has 0 unspecified atom stereocenters. The number of carbonyl (C=O) groups is 1. The zero-order chi connectivity index (χ0) is 18.6. The molecule has 1 saturated heterocycles. The molecule has 138 valence electrons. The van der Waals surface area contributed by atoms with Crippen molar-refractivity contribution >= 4 is 58.1 Å². The molecule has 0 aliphatic carbocycles. The van der Waals surface area contributed by atoms with Gasteiger partial charge in [-0.2, -0.15) is 0 Å². The summed E-state index contributed by atoms with van der Waals surface area (Å²) in [6, 6.07) is 15.7. The number of nitrogens with one attached hydrogen (secondary N) is 1. The Bertz CT molecular complexity index is 954. The molecule has 2 aromatic carbocycles. The normalized spacial score (nSPS) is 14.4. The molecule has 1 amide bonds. The van der Waals surface area contributed by atoms with Gasteiger partial charge in [0.25, 0.3) is 0 Å². The van der Waals surface area contributed by atoms with E-state index in [1.165, 1.54) is 28.4 Å². The highest BCUT2D eigenvalue weighted by atomic mass is 35.5. The molecular weight excluding hydrogens is 416 g/mol. The van der Waals surface area contributed by atoms with Crippen molar-refractivity contribution in [1.82, 2.24) is 4.98 Å². The number of carbonyl (C=O) groups excluding carboxylic acids is 1. The maximum absolute atomic E-state index is 12.4. The molecule has 1 N–H and O–H groups in total. The maximum Gasteiger partial charge on any atom is 0.230 e. The molecule has 3 nitrogen and oxygen atoms in total. The van der Waals surface area contributed by atoms with Gasteiger partial charge >= 0.3 is 0 Å². The minimum atomic E-state index is -0.0603. The van der Waals surface area contributed by atoms with Crippen LogP contribution in [0.2, 0.25) is 5.02 Å². The van der Waals surface area contributed by atoms with Crippen molar-refractivity contribution in [2.24, 2.45) is 0 Å². The van der Waals surface area contributed by atoms with E-state index in [9.17, 15) is 4.79 Å². The summed E-state index contributed by atoms with van der Waals surface area (Å²) >= 11 is 11.7. The Morgan fingerprint density at radius 2 is 1.96 bits per heavy atom. The highest BCUT2D eigenvalue weighted by Crippen LogP contribution is 2.45. The third-order valence-electron chi connectivity index (χ3n) is 4.06. The fraction of sp³-hybridized carbons (Fsp3) is 0.200. The molecule has 0 saturated carbocycles. The fourth-order valence-electron chi connectivity index (χ4n) is 2.83. The second-order valence-corrected chi connectivity index (χ2v) is 10.0. The van der Waals surface area contributed by atoms with Crippen LogP contribution in [0.4, 0.5) is 5.69 Å². The lowest BCUT2D eigenvalue weighted by Gasteiger charge is -2.11. The highest BCUT2D eigenvalue weighted by Gasteiger charge is 2.18. The van der Waals surface area contributed by atoms with Crippen LogP contribution in [-0.4, -0.2) is 22.4 Å². The number of aromatic nitrogens is 1. The molecule has 1 aliphatic rings. The van der Waals surface area contributed by atoms with Crippen LogP contribution >= 0.6 is 46.5 Å². The van der Waals surface area contributed by atoms with Crippen LogP contribution in [0.25, 0.3) is 10.6 Å². The Balaban J connectivity index is 1.41. The van der Waals surface area contributed by atoms with Crippen molar-refractivity contribution in [3.63, 3.8) is 0 Å². The Morgan fingerprint density at radius 3 is 2.78 bits per heavy atom. The summed E-state index contributed by atoms with van der Waals surface area (Å²) in [6.45, 7) is 0. The Hall–Kier alpha value is -1.47. The van der Waals surface area contributed by atoms with Gasteiger partial charge in [0.1, 0.15) is 5.01 Å². The summed E-state index contributed by atoms with van der Waals surface area (Å²) in [5.74, 6) is 2.31. The van der Waals surface area contributed by atoms with Crippen molar-refractivity contribution < 1.29 is 4.79 Å². The molecular formula is C20H17ClN2OS3. The first-order chi connectivity index (χ1) is 13.2. The Morgan fingerprint density at radius 1 is 1.15 bits per heavy atom. The lowest BCUT2D eigenvalue weighted by atomic mass is 10.2. The maximum atomic E-state index is 12.4. The molecule has 1 aromatic heterocycles. The molecule has 0 bridgehead atoms. The van der Waals surface area contributed by atoms with E-state index in [4.69, 9.17) is 11.6 Å². The monoisotopic (exact) mass is 432 g/mol. The highest BCUT2D eigenvalue weighted by molar-refractivity contribution is 8.19. The average Bonchev–Trinajstić information content (AvgIpc) is 3.34. The molecule has 1 fully saturated rings. The fourth-order valence-corrected chi connectivity index (χ4v) is 6.81. The second-order valence-electron chi connectivity index (χ2n) is 6.05. The van der Waals surface area contributed by atoms with E-state index >= 15 is 0 Å². The van der Waals surface area contributed by atoms with E-state index in [1.807, 2.05) is 65.3 Å². The number of nitrogens with zero attached hydrogens (tertiary/aromatic N) is 1. The van der Waals surface area contributed by atoms with E-state index in [-0.39, 0.29) is 12.3 Å². The van der Waals surface area contributed by atoms with Crippen LogP contribution in [0, 0.1) is 0 Å². The first kappa shape index (κ1) is 18.9. The van der Waals surface area contributed by atoms with Crippen LogP contribution in [-0.2, 0) is 11.2 Å². The number of amides is 1. The molecule has 4 rings (SSSR count). The molecule has 3 aromatic rings. The summed E-state index contributed by atoms with van der Waals surface area (Å²) in [4.78, 5) is 17.0. The van der Waals surface area contributed by atoms with Gasteiger partial charge in [-0.15, -0.1) is 34.9 Å². The lowest BCUT2D eigenvalue weighted by Crippen LogP contribution is -2.14. The SMILES string of the molecule is O=C(Cc1csc(-c2ccccc2Cl)n1)Nc1cccc(C2SCCS2)c1. The van der Waals surface area contributed by atoms with Crippen molar-refractivity contribution in [3.8, 4) is 10.6 Å². The van der Waals surface area contributed by atoms with Gasteiger partial charge in [0, 0.05) is 28.1 Å². The standard InChI is InChI=1S/C20H17ClN2OS3/c21-17-7-2-1-6-16(17)19-23-15(12-27-19)11-18(24)22-14-5-3-4-13(10-14)20-25-8-9-26-20/h1-7,10,12,20H,8-9,11H2,(H,22,24). The van der Waals surface area contributed by atoms with Gasteiger partial charge < -0.3 is 5.32 Å². The number of hydrogen-bond acceptors (Lipinski definition) is 5. The summed E-state index contributed by atoms with van der Waals surface area (Å²) in [6.07, 6.45) is 0.248. The van der Waals surface area contributed by atoms with Gasteiger partial charge in [-0.3, -0.25) is 4.79 Å². The number of anilines is 1. The number of hydrogen-bond donors (Lipinski definition) is 1. The van der Waals surface area contributed by atoms with Gasteiger partial charge in [0.2, 0.25) is 5.91 Å². The van der Waals surface area contributed by atoms with Crippen LogP contribution in [0.15, 0.2) is 53.9 Å². The first-order valence-corrected chi connectivity index (χ1v) is 11.9. The Labute approximate surface area is 175 Å². The topological polar surface area (TPSA) is 42.0 Å². The number of thioether (sulfide) groups is 2. The smallest absolute Gasteiger partial charge is 0.230 e. The lowest BCUT2D eigenvalue weighted by molar-refractivity contribution is -0.115.